The summed E-state index contributed by atoms with van der Waals surface area (Å²) in [5.74, 6) is -3.03. The molecule has 6 nitrogen and oxygen atoms in total. The Labute approximate surface area is 165 Å². The highest BCUT2D eigenvalue weighted by Crippen LogP contribution is 2.29. The predicted octanol–water partition coefficient (Wildman–Crippen LogP) is 3.62. The van der Waals surface area contributed by atoms with E-state index in [1.807, 2.05) is 0 Å². The van der Waals surface area contributed by atoms with Gasteiger partial charge in [0.2, 0.25) is 5.91 Å². The zero-order valence-corrected chi connectivity index (χ0v) is 15.8. The summed E-state index contributed by atoms with van der Waals surface area (Å²) in [5, 5.41) is 2.91. The number of nitrogens with one attached hydrogen (secondary N) is 1. The van der Waals surface area contributed by atoms with Crippen molar-refractivity contribution in [3.05, 3.63) is 35.5 Å². The van der Waals surface area contributed by atoms with Gasteiger partial charge in [0.05, 0.1) is 23.8 Å². The van der Waals surface area contributed by atoms with Gasteiger partial charge in [0.15, 0.2) is 0 Å². The van der Waals surface area contributed by atoms with Gasteiger partial charge in [0.1, 0.15) is 6.54 Å². The van der Waals surface area contributed by atoms with Gasteiger partial charge < -0.3 is 14.6 Å². The number of rotatable bonds is 5. The molecule has 3 rings (SSSR count). The van der Waals surface area contributed by atoms with Gasteiger partial charge in [0.25, 0.3) is 5.78 Å². The minimum Gasteiger partial charge on any atom is -0.465 e. The van der Waals surface area contributed by atoms with Gasteiger partial charge in [-0.25, -0.2) is 4.79 Å². The van der Waals surface area contributed by atoms with Gasteiger partial charge in [-0.15, -0.1) is 0 Å². The number of ether oxygens (including phenoxy) is 1. The maximum Gasteiger partial charge on any atom is 0.454 e. The van der Waals surface area contributed by atoms with Gasteiger partial charge in [-0.05, 0) is 25.0 Å². The number of Topliss-reactive ketones (excluding diaryl/α,β-unsaturated/α-hetero) is 1. The number of ketones is 1. The quantitative estimate of drug-likeness (QED) is 0.603. The summed E-state index contributed by atoms with van der Waals surface area (Å²) in [6.07, 6.45) is 0.847. The molecule has 9 heteroatoms. The second-order valence-electron chi connectivity index (χ2n) is 7.12. The van der Waals surface area contributed by atoms with Crippen molar-refractivity contribution >= 4 is 28.6 Å². The third-order valence-corrected chi connectivity index (χ3v) is 5.09. The molecule has 0 bridgehead atoms. The normalized spacial score (nSPS) is 15.3. The number of fused-ring (bicyclic) bond motifs is 1. The van der Waals surface area contributed by atoms with Crippen molar-refractivity contribution < 1.29 is 32.3 Å². The first-order chi connectivity index (χ1) is 13.7. The molecule has 0 spiro atoms. The monoisotopic (exact) mass is 410 g/mol. The van der Waals surface area contributed by atoms with Crippen LogP contribution in [-0.4, -0.2) is 41.6 Å². The van der Waals surface area contributed by atoms with Crippen molar-refractivity contribution in [1.82, 2.24) is 9.88 Å². The lowest BCUT2D eigenvalue weighted by Gasteiger charge is -2.22. The van der Waals surface area contributed by atoms with E-state index in [1.54, 1.807) is 0 Å². The lowest BCUT2D eigenvalue weighted by Crippen LogP contribution is -2.38. The van der Waals surface area contributed by atoms with E-state index in [-0.39, 0.29) is 35.0 Å². The Morgan fingerprint density at radius 3 is 2.48 bits per heavy atom. The van der Waals surface area contributed by atoms with Crippen molar-refractivity contribution in [2.45, 2.75) is 50.9 Å². The van der Waals surface area contributed by atoms with Gasteiger partial charge in [-0.3, -0.25) is 9.59 Å². The molecule has 1 aromatic heterocycles. The van der Waals surface area contributed by atoms with E-state index in [9.17, 15) is 27.6 Å². The Hall–Kier alpha value is -2.84. The average Bonchev–Trinajstić information content (AvgIpc) is 3.04. The van der Waals surface area contributed by atoms with E-state index < -0.39 is 23.5 Å². The summed E-state index contributed by atoms with van der Waals surface area (Å²) in [7, 11) is 1.18. The molecule has 156 valence electrons. The number of nitrogens with zero attached hydrogens (tertiary/aromatic N) is 1. The third kappa shape index (κ3) is 4.60. The van der Waals surface area contributed by atoms with E-state index in [0.717, 1.165) is 38.3 Å². The van der Waals surface area contributed by atoms with Crippen LogP contribution >= 0.6 is 0 Å². The number of halogens is 3. The number of carbonyl (C=O) groups excluding carboxylic acids is 3. The zero-order chi connectivity index (χ0) is 21.2. The highest BCUT2D eigenvalue weighted by Gasteiger charge is 2.41. The molecule has 1 saturated carbocycles. The number of alkyl halides is 3. The molecule has 0 radical (unpaired) electrons. The minimum atomic E-state index is -5.05. The van der Waals surface area contributed by atoms with Crippen LogP contribution in [0.4, 0.5) is 13.2 Å². The lowest BCUT2D eigenvalue weighted by molar-refractivity contribution is -0.122. The number of hydrogen-bond acceptors (Lipinski definition) is 4. The van der Waals surface area contributed by atoms with Gasteiger partial charge in [-0.1, -0.05) is 25.3 Å². The second-order valence-corrected chi connectivity index (χ2v) is 7.12. The fourth-order valence-corrected chi connectivity index (χ4v) is 3.68. The molecule has 0 saturated heterocycles. The Kier molecular flexibility index (Phi) is 5.95. The van der Waals surface area contributed by atoms with Crippen molar-refractivity contribution in [3.8, 4) is 0 Å². The molecule has 1 amide bonds. The van der Waals surface area contributed by atoms with E-state index >= 15 is 0 Å². The van der Waals surface area contributed by atoms with Gasteiger partial charge >= 0.3 is 12.1 Å². The molecule has 1 aliphatic carbocycles. The summed E-state index contributed by atoms with van der Waals surface area (Å²) >= 11 is 0. The zero-order valence-electron chi connectivity index (χ0n) is 15.8. The smallest absolute Gasteiger partial charge is 0.454 e. The Morgan fingerprint density at radius 2 is 1.86 bits per heavy atom. The molecular formula is C20H21F3N2O4. The molecule has 0 atom stereocenters. The number of carbonyl (C=O) groups is 3. The van der Waals surface area contributed by atoms with Gasteiger partial charge in [0, 0.05) is 17.6 Å². The second kappa shape index (κ2) is 8.26. The lowest BCUT2D eigenvalue weighted by atomic mass is 9.95. The van der Waals surface area contributed by atoms with Crippen LogP contribution in [0.2, 0.25) is 0 Å². The largest absolute Gasteiger partial charge is 0.465 e. The molecular weight excluding hydrogens is 389 g/mol. The Morgan fingerprint density at radius 1 is 1.17 bits per heavy atom. The Balaban J connectivity index is 1.96. The van der Waals surface area contributed by atoms with Crippen LogP contribution in [0.3, 0.4) is 0 Å². The first-order valence-electron chi connectivity index (χ1n) is 9.33. The van der Waals surface area contributed by atoms with Crippen LogP contribution in [0, 0.1) is 0 Å². The van der Waals surface area contributed by atoms with Crippen LogP contribution in [0.15, 0.2) is 24.4 Å². The summed E-state index contributed by atoms with van der Waals surface area (Å²) in [4.78, 5) is 36.1. The summed E-state index contributed by atoms with van der Waals surface area (Å²) in [6, 6.07) is 3.91. The number of methoxy groups -OCH3 is 1. The maximum absolute atomic E-state index is 13.0. The van der Waals surface area contributed by atoms with E-state index in [4.69, 9.17) is 0 Å². The fourth-order valence-electron chi connectivity index (χ4n) is 3.68. The van der Waals surface area contributed by atoms with Crippen molar-refractivity contribution in [1.29, 1.82) is 0 Å². The van der Waals surface area contributed by atoms with Crippen LogP contribution in [0.1, 0.15) is 52.8 Å². The molecule has 1 aliphatic rings. The number of esters is 1. The highest BCUT2D eigenvalue weighted by molar-refractivity contribution is 6.11. The average molecular weight is 410 g/mol. The maximum atomic E-state index is 13.0. The van der Waals surface area contributed by atoms with Crippen LogP contribution in [0.25, 0.3) is 10.9 Å². The molecule has 2 aromatic rings. The topological polar surface area (TPSA) is 77.4 Å². The SMILES string of the molecule is COC(=O)c1ccc2c(C(=O)C(F)(F)F)cn(CC(=O)NC3CCCCC3)c2c1. The number of hydrogen-bond donors (Lipinski definition) is 1. The summed E-state index contributed by atoms with van der Waals surface area (Å²) < 4.78 is 44.9. The molecule has 1 N–H and O–H groups in total. The van der Waals surface area contributed by atoms with Crippen LogP contribution in [0.5, 0.6) is 0 Å². The van der Waals surface area contributed by atoms with E-state index in [2.05, 4.69) is 10.1 Å². The van der Waals surface area contributed by atoms with E-state index in [0.29, 0.717) is 0 Å². The molecule has 0 aliphatic heterocycles. The minimum absolute atomic E-state index is 0.0189. The predicted molar refractivity (Wildman–Crippen MR) is 98.7 cm³/mol. The number of aromatic nitrogens is 1. The van der Waals surface area contributed by atoms with Gasteiger partial charge in [-0.2, -0.15) is 13.2 Å². The summed E-state index contributed by atoms with van der Waals surface area (Å²) in [6.45, 7) is -0.261. The molecule has 1 heterocycles. The Bertz CT molecular complexity index is 943. The van der Waals surface area contributed by atoms with E-state index in [1.165, 1.54) is 29.9 Å². The molecule has 0 unspecified atom stereocenters. The molecule has 1 aromatic carbocycles. The van der Waals surface area contributed by atoms with Crippen molar-refractivity contribution in [2.75, 3.05) is 7.11 Å². The van der Waals surface area contributed by atoms with Crippen molar-refractivity contribution in [2.24, 2.45) is 0 Å². The summed E-state index contributed by atoms with van der Waals surface area (Å²) in [5.41, 5.74) is -0.272. The molecule has 29 heavy (non-hydrogen) atoms. The van der Waals surface area contributed by atoms with Crippen molar-refractivity contribution in [3.63, 3.8) is 0 Å². The fraction of sp³-hybridized carbons (Fsp3) is 0.450. The molecule has 1 fully saturated rings. The number of amides is 1. The first kappa shape index (κ1) is 20.9. The first-order valence-corrected chi connectivity index (χ1v) is 9.33. The standard InChI is InChI=1S/C20H21F3N2O4/c1-29-19(28)12-7-8-14-15(18(27)20(21,22)23)10-25(16(14)9-12)11-17(26)24-13-5-3-2-4-6-13/h7-10,13H,2-6,11H2,1H3,(H,24,26). The highest BCUT2D eigenvalue weighted by atomic mass is 19.4. The van der Waals surface area contributed by atoms with Crippen LogP contribution in [-0.2, 0) is 16.1 Å². The third-order valence-electron chi connectivity index (χ3n) is 5.09. The van der Waals surface area contributed by atoms with Crippen LogP contribution < -0.4 is 5.32 Å². The number of benzene rings is 1.